The van der Waals surface area contributed by atoms with Gasteiger partial charge in [0.25, 0.3) is 0 Å². The Kier molecular flexibility index (Phi) is 9.62. The van der Waals surface area contributed by atoms with E-state index in [0.717, 1.165) is 4.90 Å². The standard InChI is InChI=1S/C23H36F3N5O5S/c1-13(2)18(30-37(35,36)23(24,25)26)21(34)31-9-7-15(22(3,4)5)11-17(31)20(33)29-16(12-27)10-14-6-8-28-19(14)32/h13-18,30H,6-11H2,1-5H3,(H,28,32)(H,29,33)/t14-,15-,16-,17+,18-/m0/s1. The fourth-order valence-corrected chi connectivity index (χ4v) is 5.56. The zero-order chi connectivity index (χ0) is 28.3. The summed E-state index contributed by atoms with van der Waals surface area (Å²) in [6, 6.07) is -1.93. The number of carbonyl (C=O) groups excluding carboxylic acids is 3. The minimum atomic E-state index is -5.82. The molecule has 0 bridgehead atoms. The number of likely N-dealkylation sites (tertiary alicyclic amines) is 1. The zero-order valence-electron chi connectivity index (χ0n) is 21.7. The highest BCUT2D eigenvalue weighted by atomic mass is 32.2. The second-order valence-corrected chi connectivity index (χ2v) is 12.8. The lowest BCUT2D eigenvalue weighted by Gasteiger charge is -2.44. The number of amides is 3. The molecule has 0 aromatic rings. The van der Waals surface area contributed by atoms with Crippen LogP contribution in [0.5, 0.6) is 0 Å². The molecule has 210 valence electrons. The number of nitrogens with one attached hydrogen (secondary N) is 3. The molecule has 3 amide bonds. The highest BCUT2D eigenvalue weighted by Crippen LogP contribution is 2.37. The molecular weight excluding hydrogens is 515 g/mol. The van der Waals surface area contributed by atoms with Crippen molar-refractivity contribution in [3.05, 3.63) is 0 Å². The monoisotopic (exact) mass is 551 g/mol. The Hall–Kier alpha value is -2.40. The Labute approximate surface area is 215 Å². The molecule has 2 heterocycles. The fraction of sp³-hybridized carbons (Fsp3) is 0.826. The summed E-state index contributed by atoms with van der Waals surface area (Å²) < 4.78 is 64.1. The molecule has 5 atom stereocenters. The predicted octanol–water partition coefficient (Wildman–Crippen LogP) is 1.64. The van der Waals surface area contributed by atoms with Crippen LogP contribution in [-0.2, 0) is 24.4 Å². The lowest BCUT2D eigenvalue weighted by Crippen LogP contribution is -2.61. The fourth-order valence-electron chi connectivity index (χ4n) is 4.71. The number of carbonyl (C=O) groups is 3. The summed E-state index contributed by atoms with van der Waals surface area (Å²) in [7, 11) is -5.82. The molecule has 3 N–H and O–H groups in total. The highest BCUT2D eigenvalue weighted by molar-refractivity contribution is 7.90. The van der Waals surface area contributed by atoms with Gasteiger partial charge in [-0.05, 0) is 42.9 Å². The van der Waals surface area contributed by atoms with Crippen LogP contribution in [-0.4, -0.2) is 67.8 Å². The minimum absolute atomic E-state index is 0.0259. The van der Waals surface area contributed by atoms with E-state index in [0.29, 0.717) is 19.4 Å². The maximum absolute atomic E-state index is 13.4. The van der Waals surface area contributed by atoms with Gasteiger partial charge < -0.3 is 15.5 Å². The van der Waals surface area contributed by atoms with E-state index in [1.807, 2.05) is 26.8 Å². The van der Waals surface area contributed by atoms with Crippen molar-refractivity contribution in [2.75, 3.05) is 13.1 Å². The number of nitrogens with zero attached hydrogens (tertiary/aromatic N) is 2. The summed E-state index contributed by atoms with van der Waals surface area (Å²) in [6.45, 7) is 9.20. The van der Waals surface area contributed by atoms with Crippen molar-refractivity contribution < 1.29 is 36.0 Å². The largest absolute Gasteiger partial charge is 0.511 e. The van der Waals surface area contributed by atoms with Crippen LogP contribution < -0.4 is 15.4 Å². The van der Waals surface area contributed by atoms with Gasteiger partial charge in [0, 0.05) is 19.0 Å². The van der Waals surface area contributed by atoms with Crippen LogP contribution in [0.25, 0.3) is 0 Å². The Bertz CT molecular complexity index is 1020. The molecule has 0 unspecified atom stereocenters. The summed E-state index contributed by atoms with van der Waals surface area (Å²) >= 11 is 0. The molecule has 0 saturated carbocycles. The van der Waals surface area contributed by atoms with Gasteiger partial charge in [-0.1, -0.05) is 34.6 Å². The summed E-state index contributed by atoms with van der Waals surface area (Å²) in [4.78, 5) is 39.8. The van der Waals surface area contributed by atoms with Crippen LogP contribution in [0.4, 0.5) is 13.2 Å². The van der Waals surface area contributed by atoms with Crippen LogP contribution in [0.3, 0.4) is 0 Å². The van der Waals surface area contributed by atoms with Crippen molar-refractivity contribution in [2.24, 2.45) is 23.2 Å². The van der Waals surface area contributed by atoms with Crippen molar-refractivity contribution in [3.63, 3.8) is 0 Å². The van der Waals surface area contributed by atoms with Gasteiger partial charge in [0.15, 0.2) is 0 Å². The summed E-state index contributed by atoms with van der Waals surface area (Å²) in [6.07, 6.45) is 1.24. The number of hydrogen-bond donors (Lipinski definition) is 3. The molecule has 10 nitrogen and oxygen atoms in total. The molecule has 0 aromatic carbocycles. The third-order valence-electron chi connectivity index (χ3n) is 7.09. The van der Waals surface area contributed by atoms with Gasteiger partial charge in [-0.2, -0.15) is 23.2 Å². The summed E-state index contributed by atoms with van der Waals surface area (Å²) in [5.41, 5.74) is -5.86. The van der Waals surface area contributed by atoms with Gasteiger partial charge >= 0.3 is 15.5 Å². The molecule has 0 spiro atoms. The molecule has 2 fully saturated rings. The Balaban J connectivity index is 2.32. The number of piperidine rings is 1. The number of rotatable bonds is 8. The van der Waals surface area contributed by atoms with Crippen molar-refractivity contribution in [3.8, 4) is 6.07 Å². The molecule has 0 aliphatic carbocycles. The number of halogens is 3. The Morgan fingerprint density at radius 1 is 1.22 bits per heavy atom. The van der Waals surface area contributed by atoms with Gasteiger partial charge in [0.2, 0.25) is 17.7 Å². The van der Waals surface area contributed by atoms with E-state index in [1.54, 1.807) is 0 Å². The van der Waals surface area contributed by atoms with E-state index in [2.05, 4.69) is 10.6 Å². The van der Waals surface area contributed by atoms with E-state index in [1.165, 1.54) is 18.6 Å². The minimum Gasteiger partial charge on any atom is -0.356 e. The number of nitriles is 1. The van der Waals surface area contributed by atoms with Crippen molar-refractivity contribution >= 4 is 27.7 Å². The average molecular weight is 552 g/mol. The first-order chi connectivity index (χ1) is 16.9. The third-order valence-corrected chi connectivity index (χ3v) is 8.26. The van der Waals surface area contributed by atoms with E-state index in [-0.39, 0.29) is 36.6 Å². The maximum atomic E-state index is 13.4. The van der Waals surface area contributed by atoms with Crippen molar-refractivity contribution in [1.82, 2.24) is 20.3 Å². The lowest BCUT2D eigenvalue weighted by molar-refractivity contribution is -0.146. The normalized spacial score (nSPS) is 24.8. The topological polar surface area (TPSA) is 148 Å². The van der Waals surface area contributed by atoms with E-state index in [9.17, 15) is 41.2 Å². The van der Waals surface area contributed by atoms with E-state index in [4.69, 9.17) is 0 Å². The van der Waals surface area contributed by atoms with Crippen LogP contribution in [0.2, 0.25) is 0 Å². The SMILES string of the molecule is CC(C)[C@H](NS(=O)(=O)C(F)(F)F)C(=O)N1CC[C@H](C(C)(C)C)C[C@@H]1C(=O)N[C@H](C#N)C[C@@H]1CCNC1=O. The predicted molar refractivity (Wildman–Crippen MR) is 128 cm³/mol. The molecule has 2 aliphatic rings. The second-order valence-electron chi connectivity index (χ2n) is 11.1. The first-order valence-corrected chi connectivity index (χ1v) is 13.7. The van der Waals surface area contributed by atoms with E-state index < -0.39 is 57.3 Å². The van der Waals surface area contributed by atoms with Crippen LogP contribution in [0, 0.1) is 34.5 Å². The smallest absolute Gasteiger partial charge is 0.356 e. The first kappa shape index (κ1) is 30.8. The number of alkyl halides is 3. The molecule has 37 heavy (non-hydrogen) atoms. The zero-order valence-corrected chi connectivity index (χ0v) is 22.5. The van der Waals surface area contributed by atoms with Crippen LogP contribution >= 0.6 is 0 Å². The second kappa shape index (κ2) is 11.6. The third kappa shape index (κ3) is 7.56. The van der Waals surface area contributed by atoms with Gasteiger partial charge in [-0.3, -0.25) is 14.4 Å². The highest BCUT2D eigenvalue weighted by Gasteiger charge is 2.50. The Morgan fingerprint density at radius 3 is 2.30 bits per heavy atom. The molecule has 2 aliphatic heterocycles. The van der Waals surface area contributed by atoms with Crippen LogP contribution in [0.1, 0.15) is 60.3 Å². The molecular formula is C23H36F3N5O5S. The van der Waals surface area contributed by atoms with Gasteiger partial charge in [0.1, 0.15) is 18.1 Å². The first-order valence-electron chi connectivity index (χ1n) is 12.3. The lowest BCUT2D eigenvalue weighted by atomic mass is 9.73. The molecule has 2 rings (SSSR count). The van der Waals surface area contributed by atoms with Crippen molar-refractivity contribution in [1.29, 1.82) is 5.26 Å². The quantitative estimate of drug-likeness (QED) is 0.418. The molecule has 14 heteroatoms. The van der Waals surface area contributed by atoms with Gasteiger partial charge in [-0.25, -0.2) is 8.42 Å². The van der Waals surface area contributed by atoms with Gasteiger partial charge in [-0.15, -0.1) is 0 Å². The van der Waals surface area contributed by atoms with Gasteiger partial charge in [0.05, 0.1) is 6.07 Å². The number of hydrogen-bond acceptors (Lipinski definition) is 6. The molecule has 0 radical (unpaired) electrons. The van der Waals surface area contributed by atoms with Crippen LogP contribution in [0.15, 0.2) is 0 Å². The molecule has 0 aromatic heterocycles. The summed E-state index contributed by atoms with van der Waals surface area (Å²) in [5, 5.41) is 14.8. The Morgan fingerprint density at radius 2 is 1.84 bits per heavy atom. The molecule has 2 saturated heterocycles. The summed E-state index contributed by atoms with van der Waals surface area (Å²) in [5.74, 6) is -3.15. The average Bonchev–Trinajstić information content (AvgIpc) is 3.18. The van der Waals surface area contributed by atoms with E-state index >= 15 is 0 Å². The van der Waals surface area contributed by atoms with Crippen molar-refractivity contribution in [2.45, 2.75) is 83.9 Å². The maximum Gasteiger partial charge on any atom is 0.511 e. The number of sulfonamides is 1.